The molecule has 1 amide bonds. The number of hydrogen-bond acceptors (Lipinski definition) is 4. The number of likely N-dealkylation sites (tertiary alicyclic amines) is 1. The van der Waals surface area contributed by atoms with E-state index in [4.69, 9.17) is 5.73 Å². The van der Waals surface area contributed by atoms with Crippen LogP contribution in [0.5, 0.6) is 0 Å². The smallest absolute Gasteiger partial charge is 0.243 e. The van der Waals surface area contributed by atoms with Crippen LogP contribution in [0.3, 0.4) is 0 Å². The molecule has 0 spiro atoms. The van der Waals surface area contributed by atoms with Gasteiger partial charge in [-0.3, -0.25) is 4.79 Å². The number of rotatable bonds is 5. The van der Waals surface area contributed by atoms with Crippen LogP contribution < -0.4 is 10.5 Å². The summed E-state index contributed by atoms with van der Waals surface area (Å²) in [5.74, 6) is -2.38. The molecule has 3 N–H and O–H groups in total. The Labute approximate surface area is 162 Å². The number of nitrogens with two attached hydrogens (primary N) is 1. The summed E-state index contributed by atoms with van der Waals surface area (Å²) in [5, 5.41) is 0. The highest BCUT2D eigenvalue weighted by Gasteiger charge is 2.36. The number of carbonyl (C=O) groups is 1. The van der Waals surface area contributed by atoms with Gasteiger partial charge in [0.1, 0.15) is 22.7 Å². The Hall–Kier alpha value is -1.65. The van der Waals surface area contributed by atoms with Gasteiger partial charge >= 0.3 is 0 Å². The Morgan fingerprint density at radius 3 is 2.43 bits per heavy atom. The van der Waals surface area contributed by atoms with Crippen molar-refractivity contribution in [3.05, 3.63) is 29.8 Å². The average Bonchev–Trinajstić information content (AvgIpc) is 3.07. The first-order valence-corrected chi connectivity index (χ1v) is 10.8. The molecule has 2 aliphatic rings. The van der Waals surface area contributed by atoms with Gasteiger partial charge in [0, 0.05) is 18.7 Å². The molecule has 1 aromatic rings. The zero-order valence-corrected chi connectivity index (χ0v) is 16.1. The second-order valence-electron chi connectivity index (χ2n) is 7.50. The highest BCUT2D eigenvalue weighted by molar-refractivity contribution is 7.89. The lowest BCUT2D eigenvalue weighted by molar-refractivity contribution is -0.133. The van der Waals surface area contributed by atoms with Gasteiger partial charge in [-0.15, -0.1) is 0 Å². The van der Waals surface area contributed by atoms with Crippen LogP contribution in [0.2, 0.25) is 0 Å². The van der Waals surface area contributed by atoms with E-state index in [9.17, 15) is 26.4 Å². The van der Waals surface area contributed by atoms with Crippen molar-refractivity contribution >= 4 is 15.9 Å². The molecule has 1 aliphatic heterocycles. The number of carbonyl (C=O) groups excluding carboxylic acids is 1. The lowest BCUT2D eigenvalue weighted by atomic mass is 9.81. The number of benzene rings is 1. The third-order valence-electron chi connectivity index (χ3n) is 5.51. The maximum atomic E-state index is 13.8. The normalized spacial score (nSPS) is 27.0. The fourth-order valence-corrected chi connectivity index (χ4v) is 5.27. The van der Waals surface area contributed by atoms with E-state index in [1.807, 2.05) is 0 Å². The quantitative estimate of drug-likeness (QED) is 0.760. The SMILES string of the molecule is N[C@H](C(=O)N1CC[C@@H](F)C1)C1CCC(NS(=O)(=O)c2ccc(F)cc2F)CC1. The second-order valence-corrected chi connectivity index (χ2v) is 9.19. The molecule has 0 aromatic heterocycles. The largest absolute Gasteiger partial charge is 0.338 e. The number of alkyl halides is 1. The van der Waals surface area contributed by atoms with Crippen molar-refractivity contribution in [2.24, 2.45) is 11.7 Å². The summed E-state index contributed by atoms with van der Waals surface area (Å²) in [6.45, 7) is 0.441. The molecule has 2 atom stereocenters. The molecule has 1 saturated heterocycles. The number of hydrogen-bond donors (Lipinski definition) is 2. The Morgan fingerprint density at radius 1 is 1.18 bits per heavy atom. The molecule has 28 heavy (non-hydrogen) atoms. The molecule has 2 fully saturated rings. The van der Waals surface area contributed by atoms with E-state index < -0.39 is 44.8 Å². The molecule has 6 nitrogen and oxygen atoms in total. The van der Waals surface area contributed by atoms with Crippen LogP contribution >= 0.6 is 0 Å². The van der Waals surface area contributed by atoms with Gasteiger partial charge in [-0.1, -0.05) is 0 Å². The van der Waals surface area contributed by atoms with E-state index in [1.165, 1.54) is 4.90 Å². The average molecular weight is 419 g/mol. The predicted octanol–water partition coefficient (Wildman–Crippen LogP) is 1.70. The summed E-state index contributed by atoms with van der Waals surface area (Å²) in [7, 11) is -4.12. The zero-order valence-electron chi connectivity index (χ0n) is 15.3. The van der Waals surface area contributed by atoms with Gasteiger partial charge in [-0.05, 0) is 50.2 Å². The number of sulfonamides is 1. The molecular weight excluding hydrogens is 395 g/mol. The van der Waals surface area contributed by atoms with Gasteiger partial charge < -0.3 is 10.6 Å². The fourth-order valence-electron chi connectivity index (χ4n) is 3.90. The summed E-state index contributed by atoms with van der Waals surface area (Å²) in [6.07, 6.45) is 1.26. The predicted molar refractivity (Wildman–Crippen MR) is 96.5 cm³/mol. The van der Waals surface area contributed by atoms with E-state index in [-0.39, 0.29) is 18.4 Å². The van der Waals surface area contributed by atoms with Gasteiger partial charge in [0.2, 0.25) is 15.9 Å². The lowest BCUT2D eigenvalue weighted by Crippen LogP contribution is -2.49. The minimum Gasteiger partial charge on any atom is -0.338 e. The topological polar surface area (TPSA) is 92.5 Å². The summed E-state index contributed by atoms with van der Waals surface area (Å²) in [6, 6.07) is 1.14. The molecule has 1 aromatic carbocycles. The van der Waals surface area contributed by atoms with Crippen molar-refractivity contribution in [1.82, 2.24) is 9.62 Å². The molecule has 3 rings (SSSR count). The van der Waals surface area contributed by atoms with Crippen molar-refractivity contribution in [3.8, 4) is 0 Å². The van der Waals surface area contributed by atoms with Gasteiger partial charge in [0.15, 0.2) is 0 Å². The third-order valence-corrected chi connectivity index (χ3v) is 7.07. The van der Waals surface area contributed by atoms with E-state index in [0.29, 0.717) is 44.7 Å². The zero-order chi connectivity index (χ0) is 20.5. The van der Waals surface area contributed by atoms with Crippen LogP contribution in [-0.4, -0.2) is 50.6 Å². The summed E-state index contributed by atoms with van der Waals surface area (Å²) in [5.41, 5.74) is 6.08. The minimum atomic E-state index is -4.12. The van der Waals surface area contributed by atoms with Crippen molar-refractivity contribution in [3.63, 3.8) is 0 Å². The van der Waals surface area contributed by atoms with E-state index >= 15 is 0 Å². The summed E-state index contributed by atoms with van der Waals surface area (Å²) < 4.78 is 67.3. The van der Waals surface area contributed by atoms with E-state index in [2.05, 4.69) is 4.72 Å². The fraction of sp³-hybridized carbons (Fsp3) is 0.611. The molecule has 1 heterocycles. The highest BCUT2D eigenvalue weighted by Crippen LogP contribution is 2.29. The molecule has 0 unspecified atom stereocenters. The summed E-state index contributed by atoms with van der Waals surface area (Å²) in [4.78, 5) is 13.2. The Morgan fingerprint density at radius 2 is 1.86 bits per heavy atom. The highest BCUT2D eigenvalue weighted by atomic mass is 32.2. The maximum absolute atomic E-state index is 13.8. The van der Waals surface area contributed by atoms with Gasteiger partial charge in [0.25, 0.3) is 0 Å². The molecular formula is C18H24F3N3O3S. The Balaban J connectivity index is 1.55. The molecule has 1 saturated carbocycles. The second kappa shape index (κ2) is 8.38. The van der Waals surface area contributed by atoms with Crippen LogP contribution in [0.15, 0.2) is 23.1 Å². The maximum Gasteiger partial charge on any atom is 0.243 e. The van der Waals surface area contributed by atoms with Gasteiger partial charge in [0.05, 0.1) is 12.6 Å². The molecule has 1 aliphatic carbocycles. The van der Waals surface area contributed by atoms with Crippen LogP contribution in [-0.2, 0) is 14.8 Å². The molecule has 156 valence electrons. The van der Waals surface area contributed by atoms with E-state index in [0.717, 1.165) is 12.1 Å². The Kier molecular flexibility index (Phi) is 6.31. The van der Waals surface area contributed by atoms with Crippen molar-refractivity contribution in [2.75, 3.05) is 13.1 Å². The number of halogens is 3. The third kappa shape index (κ3) is 4.66. The summed E-state index contributed by atoms with van der Waals surface area (Å²) >= 11 is 0. The molecule has 0 bridgehead atoms. The molecule has 0 radical (unpaired) electrons. The van der Waals surface area contributed by atoms with Gasteiger partial charge in [-0.25, -0.2) is 26.3 Å². The first kappa shape index (κ1) is 21.1. The lowest BCUT2D eigenvalue weighted by Gasteiger charge is -2.33. The van der Waals surface area contributed by atoms with Crippen LogP contribution in [0, 0.1) is 17.6 Å². The minimum absolute atomic E-state index is 0.0743. The van der Waals surface area contributed by atoms with Crippen LogP contribution in [0.25, 0.3) is 0 Å². The van der Waals surface area contributed by atoms with Crippen molar-refractivity contribution in [1.29, 1.82) is 0 Å². The monoisotopic (exact) mass is 419 g/mol. The van der Waals surface area contributed by atoms with E-state index in [1.54, 1.807) is 0 Å². The van der Waals surface area contributed by atoms with Crippen molar-refractivity contribution in [2.45, 2.75) is 55.3 Å². The number of nitrogens with zero attached hydrogens (tertiary/aromatic N) is 1. The molecule has 10 heteroatoms. The van der Waals surface area contributed by atoms with Crippen LogP contribution in [0.4, 0.5) is 13.2 Å². The number of nitrogens with one attached hydrogen (secondary N) is 1. The number of amides is 1. The Bertz CT molecular complexity index is 829. The first-order valence-electron chi connectivity index (χ1n) is 9.33. The van der Waals surface area contributed by atoms with Gasteiger partial charge in [-0.2, -0.15) is 0 Å². The first-order chi connectivity index (χ1) is 13.2. The van der Waals surface area contributed by atoms with Crippen LogP contribution in [0.1, 0.15) is 32.1 Å². The van der Waals surface area contributed by atoms with Crippen molar-refractivity contribution < 1.29 is 26.4 Å². The standard InChI is InChI=1S/C18H24F3N3O3S/c19-12-3-6-16(15(21)9-12)28(26,27)23-14-4-1-11(2-5-14)17(22)18(25)24-8-7-13(20)10-24/h3,6,9,11,13-14,17,23H,1-2,4-5,7-8,10,22H2/t11?,13-,14?,17+/m1/s1.